The Bertz CT molecular complexity index is 755. The molecule has 0 radical (unpaired) electrons. The van der Waals surface area contributed by atoms with Gasteiger partial charge in [0, 0.05) is 5.70 Å². The van der Waals surface area contributed by atoms with Crippen molar-refractivity contribution in [2.24, 2.45) is 5.92 Å². The van der Waals surface area contributed by atoms with Crippen molar-refractivity contribution in [1.82, 2.24) is 10.6 Å². The van der Waals surface area contributed by atoms with Crippen LogP contribution in [-0.2, 0) is 9.53 Å². The van der Waals surface area contributed by atoms with E-state index in [1.165, 1.54) is 0 Å². The lowest BCUT2D eigenvalue weighted by atomic mass is 9.91. The quantitative estimate of drug-likeness (QED) is 0.661. The number of amides is 2. The first-order valence-corrected chi connectivity index (χ1v) is 9.61. The van der Waals surface area contributed by atoms with Gasteiger partial charge in [0.15, 0.2) is 11.5 Å². The van der Waals surface area contributed by atoms with Gasteiger partial charge in [-0.2, -0.15) is 0 Å². The van der Waals surface area contributed by atoms with Gasteiger partial charge < -0.3 is 24.8 Å². The van der Waals surface area contributed by atoms with Crippen LogP contribution in [0, 0.1) is 5.92 Å². The molecule has 1 atom stereocenters. The number of methoxy groups -OCH3 is 1. The van der Waals surface area contributed by atoms with Gasteiger partial charge in [0.05, 0.1) is 31.4 Å². The molecule has 2 amide bonds. The van der Waals surface area contributed by atoms with Crippen molar-refractivity contribution in [2.75, 3.05) is 13.7 Å². The Morgan fingerprint density at radius 3 is 2.46 bits per heavy atom. The standard InChI is InChI=1S/C21H30N2O5/c1-7-10-27-15-9-8-14(11-16(15)26-6)19-17(20(24)28-13(4)5)18(12(2)3)22-21(25)23-19/h8-9,11-13,19H,7,10H2,1-6H3,(H2,22,23,25). The SMILES string of the molecule is CCCOc1ccc(C2NC(=O)NC(C(C)C)=C2C(=O)OC(C)C)cc1OC. The largest absolute Gasteiger partial charge is 0.493 e. The van der Waals surface area contributed by atoms with E-state index in [9.17, 15) is 9.59 Å². The fourth-order valence-electron chi connectivity index (χ4n) is 2.99. The van der Waals surface area contributed by atoms with E-state index in [0.29, 0.717) is 34.9 Å². The molecular weight excluding hydrogens is 360 g/mol. The van der Waals surface area contributed by atoms with E-state index in [1.54, 1.807) is 33.1 Å². The van der Waals surface area contributed by atoms with Gasteiger partial charge in [0.1, 0.15) is 0 Å². The van der Waals surface area contributed by atoms with E-state index >= 15 is 0 Å². The smallest absolute Gasteiger partial charge is 0.338 e. The molecule has 0 aliphatic carbocycles. The second kappa shape index (κ2) is 9.48. The average molecular weight is 390 g/mol. The topological polar surface area (TPSA) is 85.9 Å². The van der Waals surface area contributed by atoms with Gasteiger partial charge in [-0.25, -0.2) is 9.59 Å². The zero-order chi connectivity index (χ0) is 20.8. The lowest BCUT2D eigenvalue weighted by Crippen LogP contribution is -2.47. The van der Waals surface area contributed by atoms with E-state index in [0.717, 1.165) is 6.42 Å². The lowest BCUT2D eigenvalue weighted by Gasteiger charge is -2.31. The van der Waals surface area contributed by atoms with Crippen molar-refractivity contribution >= 4 is 12.0 Å². The summed E-state index contributed by atoms with van der Waals surface area (Å²) in [6.45, 7) is 10.0. The molecule has 2 N–H and O–H groups in total. The maximum Gasteiger partial charge on any atom is 0.338 e. The summed E-state index contributed by atoms with van der Waals surface area (Å²) in [6.07, 6.45) is 0.604. The van der Waals surface area contributed by atoms with Crippen LogP contribution in [0.25, 0.3) is 0 Å². The van der Waals surface area contributed by atoms with Crippen molar-refractivity contribution < 1.29 is 23.8 Å². The summed E-state index contributed by atoms with van der Waals surface area (Å²) in [5, 5.41) is 5.59. The van der Waals surface area contributed by atoms with Gasteiger partial charge in [-0.3, -0.25) is 0 Å². The number of carbonyl (C=O) groups excluding carboxylic acids is 2. The predicted octanol–water partition coefficient (Wildman–Crippen LogP) is 3.70. The Morgan fingerprint density at radius 1 is 1.18 bits per heavy atom. The number of nitrogens with one attached hydrogen (secondary N) is 2. The summed E-state index contributed by atoms with van der Waals surface area (Å²) in [5.41, 5.74) is 1.67. The highest BCUT2D eigenvalue weighted by Crippen LogP contribution is 2.36. The molecular formula is C21H30N2O5. The van der Waals surface area contributed by atoms with Crippen molar-refractivity contribution in [1.29, 1.82) is 0 Å². The van der Waals surface area contributed by atoms with Crippen LogP contribution in [0.5, 0.6) is 11.5 Å². The van der Waals surface area contributed by atoms with Crippen LogP contribution in [0.1, 0.15) is 52.6 Å². The van der Waals surface area contributed by atoms with Gasteiger partial charge in [-0.05, 0) is 43.9 Å². The fourth-order valence-corrected chi connectivity index (χ4v) is 2.99. The number of esters is 1. The van der Waals surface area contributed by atoms with Crippen LogP contribution in [0.15, 0.2) is 29.5 Å². The molecule has 0 bridgehead atoms. The predicted molar refractivity (Wildman–Crippen MR) is 106 cm³/mol. The van der Waals surface area contributed by atoms with Gasteiger partial charge in [-0.15, -0.1) is 0 Å². The monoisotopic (exact) mass is 390 g/mol. The summed E-state index contributed by atoms with van der Waals surface area (Å²) in [7, 11) is 1.56. The number of allylic oxidation sites excluding steroid dienone is 1. The summed E-state index contributed by atoms with van der Waals surface area (Å²) in [6, 6.07) is 4.39. The first-order chi connectivity index (χ1) is 13.3. The van der Waals surface area contributed by atoms with Crippen molar-refractivity contribution in [2.45, 2.75) is 53.2 Å². The summed E-state index contributed by atoms with van der Waals surface area (Å²) < 4.78 is 16.6. The van der Waals surface area contributed by atoms with Crippen molar-refractivity contribution in [3.05, 3.63) is 35.0 Å². The van der Waals surface area contributed by atoms with Crippen molar-refractivity contribution in [3.8, 4) is 11.5 Å². The molecule has 1 aliphatic rings. The Kier molecular flexibility index (Phi) is 7.31. The minimum absolute atomic E-state index is 0.0580. The highest BCUT2D eigenvalue weighted by molar-refractivity contribution is 5.95. The minimum atomic E-state index is -0.647. The number of carbonyl (C=O) groups is 2. The Labute approximate surface area is 166 Å². The van der Waals surface area contributed by atoms with Crippen LogP contribution < -0.4 is 20.1 Å². The number of urea groups is 1. The number of hydrogen-bond acceptors (Lipinski definition) is 5. The molecule has 0 fully saturated rings. The lowest BCUT2D eigenvalue weighted by molar-refractivity contribution is -0.143. The molecule has 1 aromatic rings. The molecule has 1 unspecified atom stereocenters. The van der Waals surface area contributed by atoms with Crippen LogP contribution in [-0.4, -0.2) is 31.8 Å². The molecule has 1 aliphatic heterocycles. The normalized spacial score (nSPS) is 16.7. The summed E-state index contributed by atoms with van der Waals surface area (Å²) in [4.78, 5) is 25.1. The molecule has 28 heavy (non-hydrogen) atoms. The van der Waals surface area contributed by atoms with Crippen molar-refractivity contribution in [3.63, 3.8) is 0 Å². The van der Waals surface area contributed by atoms with E-state index in [2.05, 4.69) is 10.6 Å². The molecule has 7 nitrogen and oxygen atoms in total. The third kappa shape index (κ3) is 4.97. The highest BCUT2D eigenvalue weighted by Gasteiger charge is 2.35. The van der Waals surface area contributed by atoms with E-state index in [-0.39, 0.29) is 18.1 Å². The van der Waals surface area contributed by atoms with Gasteiger partial charge in [0.2, 0.25) is 0 Å². The summed E-state index contributed by atoms with van der Waals surface area (Å²) in [5.74, 6) is 0.646. The van der Waals surface area contributed by atoms with E-state index in [1.807, 2.05) is 26.8 Å². The molecule has 1 aromatic carbocycles. The third-order valence-corrected chi connectivity index (χ3v) is 4.23. The Hall–Kier alpha value is -2.70. The van der Waals surface area contributed by atoms with E-state index < -0.39 is 12.0 Å². The molecule has 2 rings (SSSR count). The minimum Gasteiger partial charge on any atom is -0.493 e. The summed E-state index contributed by atoms with van der Waals surface area (Å²) >= 11 is 0. The van der Waals surface area contributed by atoms with Crippen LogP contribution >= 0.6 is 0 Å². The van der Waals surface area contributed by atoms with Gasteiger partial charge >= 0.3 is 12.0 Å². The highest BCUT2D eigenvalue weighted by atomic mass is 16.5. The second-order valence-electron chi connectivity index (χ2n) is 7.23. The number of benzene rings is 1. The Morgan fingerprint density at radius 2 is 1.89 bits per heavy atom. The van der Waals surface area contributed by atoms with Crippen LogP contribution in [0.3, 0.4) is 0 Å². The molecule has 0 saturated carbocycles. The molecule has 0 aromatic heterocycles. The van der Waals surface area contributed by atoms with Gasteiger partial charge in [-0.1, -0.05) is 26.8 Å². The van der Waals surface area contributed by atoms with E-state index in [4.69, 9.17) is 14.2 Å². The Balaban J connectivity index is 2.51. The third-order valence-electron chi connectivity index (χ3n) is 4.23. The van der Waals surface area contributed by atoms with Gasteiger partial charge in [0.25, 0.3) is 0 Å². The maximum atomic E-state index is 12.8. The molecule has 0 spiro atoms. The maximum absolute atomic E-state index is 12.8. The van der Waals surface area contributed by atoms with Crippen LogP contribution in [0.4, 0.5) is 4.79 Å². The molecule has 7 heteroatoms. The number of rotatable bonds is 8. The number of ether oxygens (including phenoxy) is 3. The second-order valence-corrected chi connectivity index (χ2v) is 7.23. The zero-order valence-electron chi connectivity index (χ0n) is 17.4. The van der Waals surface area contributed by atoms with Crippen LogP contribution in [0.2, 0.25) is 0 Å². The number of hydrogen-bond donors (Lipinski definition) is 2. The average Bonchev–Trinajstić information content (AvgIpc) is 2.64. The molecule has 0 saturated heterocycles. The first kappa shape index (κ1) is 21.6. The zero-order valence-corrected chi connectivity index (χ0v) is 17.4. The fraction of sp³-hybridized carbons (Fsp3) is 0.524. The molecule has 154 valence electrons. The first-order valence-electron chi connectivity index (χ1n) is 9.61. The molecule has 1 heterocycles.